The third-order valence-corrected chi connectivity index (χ3v) is 5.10. The van der Waals surface area contributed by atoms with Gasteiger partial charge in [0.1, 0.15) is 5.75 Å². The maximum Gasteiger partial charge on any atom is 0.240 e. The number of nitrogens with one attached hydrogen (secondary N) is 1. The summed E-state index contributed by atoms with van der Waals surface area (Å²) in [6.45, 7) is 6.06. The standard InChI is InChI=1S/C13H21BrN2O3S/c1-13(2,3)12(8-15)16-20(17,18)9-5-6-11(19-4)10(14)7-9/h5-7,12,16H,8,15H2,1-4H3. The topological polar surface area (TPSA) is 81.4 Å². The van der Waals surface area contributed by atoms with Gasteiger partial charge in [-0.2, -0.15) is 0 Å². The number of methoxy groups -OCH3 is 1. The van der Waals surface area contributed by atoms with Crippen LogP contribution in [0.1, 0.15) is 20.8 Å². The van der Waals surface area contributed by atoms with Gasteiger partial charge < -0.3 is 10.5 Å². The summed E-state index contributed by atoms with van der Waals surface area (Å²) < 4.78 is 33.1. The van der Waals surface area contributed by atoms with Crippen molar-refractivity contribution in [3.63, 3.8) is 0 Å². The first kappa shape index (κ1) is 17.4. The Morgan fingerprint density at radius 3 is 2.40 bits per heavy atom. The van der Waals surface area contributed by atoms with E-state index >= 15 is 0 Å². The Morgan fingerprint density at radius 2 is 2.00 bits per heavy atom. The van der Waals surface area contributed by atoms with E-state index < -0.39 is 10.0 Å². The minimum Gasteiger partial charge on any atom is -0.496 e. The molecule has 114 valence electrons. The van der Waals surface area contributed by atoms with Crippen LogP contribution in [0.2, 0.25) is 0 Å². The first-order chi connectivity index (χ1) is 9.11. The van der Waals surface area contributed by atoms with Crippen molar-refractivity contribution in [1.29, 1.82) is 0 Å². The van der Waals surface area contributed by atoms with Crippen LogP contribution >= 0.6 is 15.9 Å². The van der Waals surface area contributed by atoms with Gasteiger partial charge in [0.25, 0.3) is 0 Å². The Balaban J connectivity index is 3.08. The Kier molecular flexibility index (Phi) is 5.60. The normalized spacial score (nSPS) is 14.1. The molecule has 0 fully saturated rings. The average molecular weight is 365 g/mol. The van der Waals surface area contributed by atoms with Crippen molar-refractivity contribution >= 4 is 26.0 Å². The van der Waals surface area contributed by atoms with E-state index in [0.29, 0.717) is 10.2 Å². The molecule has 0 saturated heterocycles. The second kappa shape index (κ2) is 6.43. The van der Waals surface area contributed by atoms with E-state index in [1.807, 2.05) is 20.8 Å². The highest BCUT2D eigenvalue weighted by molar-refractivity contribution is 9.10. The predicted molar refractivity (Wildman–Crippen MR) is 83.3 cm³/mol. The molecule has 0 amide bonds. The van der Waals surface area contributed by atoms with Crippen LogP contribution in [0.25, 0.3) is 0 Å². The lowest BCUT2D eigenvalue weighted by atomic mass is 9.88. The summed E-state index contributed by atoms with van der Waals surface area (Å²) in [5, 5.41) is 0. The van der Waals surface area contributed by atoms with Gasteiger partial charge in [-0.25, -0.2) is 13.1 Å². The van der Waals surface area contributed by atoms with Crippen LogP contribution in [0, 0.1) is 5.41 Å². The molecule has 0 saturated carbocycles. The smallest absolute Gasteiger partial charge is 0.240 e. The highest BCUT2D eigenvalue weighted by Crippen LogP contribution is 2.28. The molecule has 0 radical (unpaired) electrons. The van der Waals surface area contributed by atoms with Gasteiger partial charge in [-0.1, -0.05) is 20.8 Å². The largest absolute Gasteiger partial charge is 0.496 e. The molecular weight excluding hydrogens is 344 g/mol. The van der Waals surface area contributed by atoms with Crippen molar-refractivity contribution in [3.05, 3.63) is 22.7 Å². The molecule has 0 aliphatic carbocycles. The molecule has 0 heterocycles. The summed E-state index contributed by atoms with van der Waals surface area (Å²) in [5.41, 5.74) is 5.41. The van der Waals surface area contributed by atoms with E-state index in [4.69, 9.17) is 10.5 Å². The number of hydrogen-bond acceptors (Lipinski definition) is 4. The van der Waals surface area contributed by atoms with Gasteiger partial charge in [-0.3, -0.25) is 0 Å². The molecule has 1 unspecified atom stereocenters. The molecule has 0 bridgehead atoms. The van der Waals surface area contributed by atoms with E-state index in [1.165, 1.54) is 19.2 Å². The number of sulfonamides is 1. The fourth-order valence-corrected chi connectivity index (χ4v) is 3.82. The summed E-state index contributed by atoms with van der Waals surface area (Å²) in [7, 11) is -2.09. The van der Waals surface area contributed by atoms with Crippen LogP contribution in [0.15, 0.2) is 27.6 Å². The summed E-state index contributed by atoms with van der Waals surface area (Å²) in [4.78, 5) is 0.174. The summed E-state index contributed by atoms with van der Waals surface area (Å²) in [6.07, 6.45) is 0. The van der Waals surface area contributed by atoms with Gasteiger partial charge in [0.15, 0.2) is 0 Å². The molecule has 1 rings (SSSR count). The maximum atomic E-state index is 12.4. The third-order valence-electron chi connectivity index (χ3n) is 3.01. The number of ether oxygens (including phenoxy) is 1. The fourth-order valence-electron chi connectivity index (χ4n) is 1.65. The highest BCUT2D eigenvalue weighted by Gasteiger charge is 2.28. The van der Waals surface area contributed by atoms with Crippen LogP contribution in [-0.4, -0.2) is 28.1 Å². The lowest BCUT2D eigenvalue weighted by Crippen LogP contribution is -2.48. The Labute approximate surface area is 129 Å². The second-order valence-corrected chi connectivity index (χ2v) is 8.14. The average Bonchev–Trinajstić information content (AvgIpc) is 2.34. The first-order valence-electron chi connectivity index (χ1n) is 6.17. The lowest BCUT2D eigenvalue weighted by molar-refractivity contribution is 0.304. The number of halogens is 1. The molecule has 0 spiro atoms. The molecule has 1 atom stereocenters. The zero-order chi connectivity index (χ0) is 15.6. The fraction of sp³-hybridized carbons (Fsp3) is 0.538. The van der Waals surface area contributed by atoms with Crippen molar-refractivity contribution in [3.8, 4) is 5.75 Å². The zero-order valence-corrected chi connectivity index (χ0v) is 14.5. The van der Waals surface area contributed by atoms with Crippen molar-refractivity contribution in [1.82, 2.24) is 4.72 Å². The molecular formula is C13H21BrN2O3S. The zero-order valence-electron chi connectivity index (χ0n) is 12.1. The van der Waals surface area contributed by atoms with Gasteiger partial charge in [0.05, 0.1) is 16.5 Å². The third kappa shape index (κ3) is 4.18. The predicted octanol–water partition coefficient (Wildman–Crippen LogP) is 2.11. The molecule has 3 N–H and O–H groups in total. The highest BCUT2D eigenvalue weighted by atomic mass is 79.9. The second-order valence-electron chi connectivity index (χ2n) is 5.57. The van der Waals surface area contributed by atoms with Gasteiger partial charge in [-0.15, -0.1) is 0 Å². The van der Waals surface area contributed by atoms with Gasteiger partial charge in [0.2, 0.25) is 10.0 Å². The number of rotatable bonds is 5. The van der Waals surface area contributed by atoms with E-state index in [9.17, 15) is 8.42 Å². The lowest BCUT2D eigenvalue weighted by Gasteiger charge is -2.30. The van der Waals surface area contributed by atoms with E-state index in [2.05, 4.69) is 20.7 Å². The van der Waals surface area contributed by atoms with E-state index in [-0.39, 0.29) is 22.9 Å². The molecule has 20 heavy (non-hydrogen) atoms. The number of hydrogen-bond donors (Lipinski definition) is 2. The monoisotopic (exact) mass is 364 g/mol. The van der Waals surface area contributed by atoms with Crippen molar-refractivity contribution in [2.45, 2.75) is 31.7 Å². The van der Waals surface area contributed by atoms with Crippen LogP contribution < -0.4 is 15.2 Å². The van der Waals surface area contributed by atoms with E-state index in [0.717, 1.165) is 0 Å². The van der Waals surface area contributed by atoms with Crippen LogP contribution in [-0.2, 0) is 10.0 Å². The number of nitrogens with two attached hydrogens (primary N) is 1. The SMILES string of the molecule is COc1ccc(S(=O)(=O)NC(CN)C(C)(C)C)cc1Br. The molecule has 1 aromatic rings. The quantitative estimate of drug-likeness (QED) is 0.838. The minimum atomic E-state index is -3.62. The Morgan fingerprint density at radius 1 is 1.40 bits per heavy atom. The van der Waals surface area contributed by atoms with Crippen molar-refractivity contribution in [2.24, 2.45) is 11.1 Å². The van der Waals surface area contributed by atoms with Gasteiger partial charge in [-0.05, 0) is 39.5 Å². The van der Waals surface area contributed by atoms with Crippen molar-refractivity contribution in [2.75, 3.05) is 13.7 Å². The Bertz CT molecular complexity index is 567. The molecule has 0 aromatic heterocycles. The minimum absolute atomic E-state index is 0.174. The van der Waals surface area contributed by atoms with Gasteiger partial charge in [0, 0.05) is 12.6 Å². The van der Waals surface area contributed by atoms with E-state index in [1.54, 1.807) is 6.07 Å². The molecule has 5 nitrogen and oxygen atoms in total. The Hall–Kier alpha value is -0.630. The van der Waals surface area contributed by atoms with Crippen LogP contribution in [0.5, 0.6) is 5.75 Å². The molecule has 1 aromatic carbocycles. The molecule has 7 heteroatoms. The summed E-state index contributed by atoms with van der Waals surface area (Å²) in [6, 6.07) is 4.28. The number of benzene rings is 1. The van der Waals surface area contributed by atoms with Crippen molar-refractivity contribution < 1.29 is 13.2 Å². The summed E-state index contributed by atoms with van der Waals surface area (Å²) in [5.74, 6) is 0.579. The van der Waals surface area contributed by atoms with Gasteiger partial charge >= 0.3 is 0 Å². The van der Waals surface area contributed by atoms with Crippen LogP contribution in [0.3, 0.4) is 0 Å². The summed E-state index contributed by atoms with van der Waals surface area (Å²) >= 11 is 3.28. The first-order valence-corrected chi connectivity index (χ1v) is 8.45. The van der Waals surface area contributed by atoms with Crippen LogP contribution in [0.4, 0.5) is 0 Å². The maximum absolute atomic E-state index is 12.4. The molecule has 0 aliphatic heterocycles. The molecule has 0 aliphatic rings.